The summed E-state index contributed by atoms with van der Waals surface area (Å²) in [4.78, 5) is 24.1. The quantitative estimate of drug-likeness (QED) is 0.603. The monoisotopic (exact) mass is 442 g/mol. The molecule has 0 bridgehead atoms. The van der Waals surface area contributed by atoms with Gasteiger partial charge in [0.25, 0.3) is 5.56 Å². The second kappa shape index (κ2) is 7.75. The highest BCUT2D eigenvalue weighted by Crippen LogP contribution is 2.28. The molecular weight excluding hydrogens is 424 g/mol. The number of H-pyrrole nitrogens is 1. The Labute approximate surface area is 170 Å². The molecule has 1 aromatic heterocycles. The van der Waals surface area contributed by atoms with Gasteiger partial charge in [0.2, 0.25) is 0 Å². The van der Waals surface area contributed by atoms with Gasteiger partial charge < -0.3 is 9.47 Å². The van der Waals surface area contributed by atoms with Crippen LogP contribution >= 0.6 is 15.9 Å². The van der Waals surface area contributed by atoms with Crippen LogP contribution in [0, 0.1) is 0 Å². The minimum Gasteiger partial charge on any atom is -0.490 e. The zero-order valence-electron chi connectivity index (χ0n) is 15.3. The van der Waals surface area contributed by atoms with E-state index in [0.717, 1.165) is 34.0 Å². The lowest BCUT2D eigenvalue weighted by Crippen LogP contribution is -2.24. The Morgan fingerprint density at radius 1 is 1.21 bits per heavy atom. The maximum Gasteiger partial charge on any atom is 0.337 e. The lowest BCUT2D eigenvalue weighted by molar-refractivity contribution is 0.0600. The molecule has 1 saturated carbocycles. The van der Waals surface area contributed by atoms with E-state index in [9.17, 15) is 9.59 Å². The zero-order valence-corrected chi connectivity index (χ0v) is 16.9. The molecule has 0 atom stereocenters. The van der Waals surface area contributed by atoms with Gasteiger partial charge in [-0.3, -0.25) is 4.79 Å². The van der Waals surface area contributed by atoms with Gasteiger partial charge in [-0.2, -0.15) is 5.10 Å². The van der Waals surface area contributed by atoms with Crippen molar-refractivity contribution in [2.24, 2.45) is 0 Å². The lowest BCUT2D eigenvalue weighted by atomic mass is 9.96. The van der Waals surface area contributed by atoms with Crippen LogP contribution in [0.4, 0.5) is 0 Å². The highest BCUT2D eigenvalue weighted by atomic mass is 79.9. The van der Waals surface area contributed by atoms with Gasteiger partial charge in [0, 0.05) is 16.3 Å². The Bertz CT molecular complexity index is 1110. The Morgan fingerprint density at radius 2 is 2.04 bits per heavy atom. The van der Waals surface area contributed by atoms with Crippen LogP contribution in [0.15, 0.2) is 45.7 Å². The number of ether oxygens (including phenoxy) is 2. The van der Waals surface area contributed by atoms with Crippen molar-refractivity contribution < 1.29 is 14.3 Å². The fraction of sp³-hybridized carbons (Fsp3) is 0.286. The number of rotatable bonds is 5. The van der Waals surface area contributed by atoms with Gasteiger partial charge in [-0.25, -0.2) is 9.89 Å². The number of nitrogens with zero attached hydrogens (tertiary/aromatic N) is 1. The minimum atomic E-state index is -0.405. The number of carbonyl (C=O) groups excluding carboxylic acids is 1. The molecule has 144 valence electrons. The van der Waals surface area contributed by atoms with Crippen molar-refractivity contribution in [1.29, 1.82) is 0 Å². The topological polar surface area (TPSA) is 81.3 Å². The first-order chi connectivity index (χ1) is 13.5. The van der Waals surface area contributed by atoms with Gasteiger partial charge >= 0.3 is 5.97 Å². The zero-order chi connectivity index (χ0) is 19.7. The minimum absolute atomic E-state index is 0.238. The SMILES string of the molecule is COC(=O)c1cc(Br)cc(Cc2n[nH]c(=O)c3ccc(OC4CCC4)cc23)c1. The summed E-state index contributed by atoms with van der Waals surface area (Å²) in [5.74, 6) is 0.341. The molecule has 1 fully saturated rings. The van der Waals surface area contributed by atoms with Crippen molar-refractivity contribution in [3.05, 3.63) is 68.0 Å². The predicted octanol–water partition coefficient (Wildman–Crippen LogP) is 3.99. The standard InChI is InChI=1S/C21H19BrN2O4/c1-27-21(26)13-7-12(8-14(22)10-13)9-19-18-11-16(28-15-3-2-4-15)5-6-17(18)20(25)24-23-19/h5-8,10-11,15H,2-4,9H2,1H3,(H,24,25). The second-order valence-electron chi connectivity index (χ2n) is 6.89. The van der Waals surface area contributed by atoms with Crippen LogP contribution in [0.2, 0.25) is 0 Å². The van der Waals surface area contributed by atoms with Crippen molar-refractivity contribution in [2.75, 3.05) is 7.11 Å². The van der Waals surface area contributed by atoms with Crippen molar-refractivity contribution in [2.45, 2.75) is 31.8 Å². The summed E-state index contributed by atoms with van der Waals surface area (Å²) in [6.07, 6.45) is 4.02. The summed E-state index contributed by atoms with van der Waals surface area (Å²) >= 11 is 3.43. The summed E-state index contributed by atoms with van der Waals surface area (Å²) in [7, 11) is 1.35. The first kappa shape index (κ1) is 18.7. The lowest BCUT2D eigenvalue weighted by Gasteiger charge is -2.26. The van der Waals surface area contributed by atoms with Crippen LogP contribution in [0.5, 0.6) is 5.75 Å². The van der Waals surface area contributed by atoms with Crippen molar-refractivity contribution in [1.82, 2.24) is 10.2 Å². The van der Waals surface area contributed by atoms with E-state index < -0.39 is 5.97 Å². The first-order valence-corrected chi connectivity index (χ1v) is 9.88. The maximum atomic E-state index is 12.2. The molecule has 6 nitrogen and oxygen atoms in total. The highest BCUT2D eigenvalue weighted by Gasteiger charge is 2.19. The molecule has 1 aliphatic carbocycles. The van der Waals surface area contributed by atoms with Gasteiger partial charge in [-0.1, -0.05) is 15.9 Å². The normalized spacial score (nSPS) is 13.9. The van der Waals surface area contributed by atoms with E-state index in [1.807, 2.05) is 18.2 Å². The molecule has 4 rings (SSSR count). The Morgan fingerprint density at radius 3 is 2.75 bits per heavy atom. The summed E-state index contributed by atoms with van der Waals surface area (Å²) in [6, 6.07) is 10.9. The van der Waals surface area contributed by atoms with Gasteiger partial charge in [-0.15, -0.1) is 0 Å². The molecular formula is C21H19BrN2O4. The van der Waals surface area contributed by atoms with Crippen molar-refractivity contribution >= 4 is 32.7 Å². The van der Waals surface area contributed by atoms with E-state index in [1.165, 1.54) is 13.5 Å². The number of aromatic amines is 1. The van der Waals surface area contributed by atoms with Crippen LogP contribution in [-0.2, 0) is 11.2 Å². The third-order valence-electron chi connectivity index (χ3n) is 4.94. The van der Waals surface area contributed by atoms with E-state index in [0.29, 0.717) is 23.1 Å². The van der Waals surface area contributed by atoms with E-state index in [4.69, 9.17) is 9.47 Å². The van der Waals surface area contributed by atoms with Crippen LogP contribution < -0.4 is 10.3 Å². The summed E-state index contributed by atoms with van der Waals surface area (Å²) in [5.41, 5.74) is 1.80. The number of hydrogen-bond donors (Lipinski definition) is 1. The molecule has 2 aromatic carbocycles. The van der Waals surface area contributed by atoms with Crippen LogP contribution in [-0.4, -0.2) is 29.4 Å². The summed E-state index contributed by atoms with van der Waals surface area (Å²) in [6.45, 7) is 0. The number of carbonyl (C=O) groups is 1. The highest BCUT2D eigenvalue weighted by molar-refractivity contribution is 9.10. The Kier molecular flexibility index (Phi) is 5.17. The molecule has 0 amide bonds. The number of benzene rings is 2. The third-order valence-corrected chi connectivity index (χ3v) is 5.40. The molecule has 28 heavy (non-hydrogen) atoms. The fourth-order valence-electron chi connectivity index (χ4n) is 3.27. The number of hydrogen-bond acceptors (Lipinski definition) is 5. The molecule has 3 aromatic rings. The van der Waals surface area contributed by atoms with Gasteiger partial charge in [0.15, 0.2) is 0 Å². The molecule has 0 spiro atoms. The number of fused-ring (bicyclic) bond motifs is 1. The number of esters is 1. The number of halogens is 1. The number of methoxy groups -OCH3 is 1. The smallest absolute Gasteiger partial charge is 0.337 e. The molecule has 1 heterocycles. The molecule has 1 N–H and O–H groups in total. The van der Waals surface area contributed by atoms with Gasteiger partial charge in [0.05, 0.1) is 29.9 Å². The molecule has 0 saturated heterocycles. The van der Waals surface area contributed by atoms with Crippen molar-refractivity contribution in [3.8, 4) is 5.75 Å². The van der Waals surface area contributed by atoms with Crippen LogP contribution in [0.3, 0.4) is 0 Å². The number of nitrogens with one attached hydrogen (secondary N) is 1. The van der Waals surface area contributed by atoms with Crippen LogP contribution in [0.25, 0.3) is 10.8 Å². The predicted molar refractivity (Wildman–Crippen MR) is 109 cm³/mol. The van der Waals surface area contributed by atoms with E-state index in [1.54, 1.807) is 18.2 Å². The van der Waals surface area contributed by atoms with E-state index in [-0.39, 0.29) is 11.7 Å². The van der Waals surface area contributed by atoms with E-state index >= 15 is 0 Å². The Hall–Kier alpha value is -2.67. The van der Waals surface area contributed by atoms with Gasteiger partial charge in [0.1, 0.15) is 5.75 Å². The Balaban J connectivity index is 1.72. The maximum absolute atomic E-state index is 12.2. The first-order valence-electron chi connectivity index (χ1n) is 9.09. The van der Waals surface area contributed by atoms with Crippen molar-refractivity contribution in [3.63, 3.8) is 0 Å². The summed E-state index contributed by atoms with van der Waals surface area (Å²) in [5, 5.41) is 8.13. The van der Waals surface area contributed by atoms with E-state index in [2.05, 4.69) is 26.1 Å². The second-order valence-corrected chi connectivity index (χ2v) is 7.81. The number of aromatic nitrogens is 2. The molecule has 0 unspecified atom stereocenters. The summed E-state index contributed by atoms with van der Waals surface area (Å²) < 4.78 is 11.6. The third kappa shape index (κ3) is 3.80. The van der Waals surface area contributed by atoms with Gasteiger partial charge in [-0.05, 0) is 61.2 Å². The molecule has 1 aliphatic rings. The fourth-order valence-corrected chi connectivity index (χ4v) is 3.81. The largest absolute Gasteiger partial charge is 0.490 e. The average Bonchev–Trinajstić information content (AvgIpc) is 2.66. The molecule has 0 aliphatic heterocycles. The molecule has 7 heteroatoms. The molecule has 0 radical (unpaired) electrons. The van der Waals surface area contributed by atoms with Crippen LogP contribution in [0.1, 0.15) is 40.9 Å². The average molecular weight is 443 g/mol.